The molecular weight excluding hydrogens is 342 g/mol. The van der Waals surface area contributed by atoms with E-state index in [9.17, 15) is 9.90 Å². The number of hydrogen-bond acceptors (Lipinski definition) is 2. The second-order valence-corrected chi connectivity index (χ2v) is 5.63. The van der Waals surface area contributed by atoms with Crippen LogP contribution in [0.5, 0.6) is 0 Å². The maximum atomic E-state index is 12.2. The molecule has 1 amide bonds. The van der Waals surface area contributed by atoms with Crippen LogP contribution in [0.25, 0.3) is 0 Å². The third-order valence-corrected chi connectivity index (χ3v) is 3.49. The summed E-state index contributed by atoms with van der Waals surface area (Å²) in [4.78, 5) is 12.2. The summed E-state index contributed by atoms with van der Waals surface area (Å²) >= 11 is 9.22. The first-order chi connectivity index (χ1) is 9.60. The Bertz CT molecular complexity index is 584. The van der Waals surface area contributed by atoms with Gasteiger partial charge in [-0.25, -0.2) is 0 Å². The Morgan fingerprint density at radius 3 is 2.55 bits per heavy atom. The van der Waals surface area contributed by atoms with Crippen LogP contribution in [0, 0.1) is 0 Å². The topological polar surface area (TPSA) is 49.3 Å². The number of hydrogen-bond donors (Lipinski definition) is 2. The molecule has 0 aliphatic rings. The van der Waals surface area contributed by atoms with Crippen molar-refractivity contribution in [3.05, 3.63) is 69.2 Å². The van der Waals surface area contributed by atoms with Gasteiger partial charge in [-0.1, -0.05) is 57.9 Å². The molecule has 0 bridgehead atoms. The molecule has 2 N–H and O–H groups in total. The summed E-state index contributed by atoms with van der Waals surface area (Å²) in [6.07, 6.45) is 0. The van der Waals surface area contributed by atoms with Crippen molar-refractivity contribution in [2.45, 2.75) is 6.04 Å². The Kier molecular flexibility index (Phi) is 5.17. The number of carbonyl (C=O) groups excluding carboxylic acids is 1. The summed E-state index contributed by atoms with van der Waals surface area (Å²) in [5.41, 5.74) is 1.29. The first-order valence-corrected chi connectivity index (χ1v) is 7.20. The van der Waals surface area contributed by atoms with Gasteiger partial charge in [0.25, 0.3) is 5.91 Å². The number of benzene rings is 2. The summed E-state index contributed by atoms with van der Waals surface area (Å²) in [5.74, 6) is -0.281. The average Bonchev–Trinajstić information content (AvgIpc) is 2.44. The fourth-order valence-corrected chi connectivity index (χ4v) is 2.71. The maximum Gasteiger partial charge on any atom is 0.251 e. The number of aliphatic hydroxyl groups is 1. The first kappa shape index (κ1) is 15.0. The highest BCUT2D eigenvalue weighted by Gasteiger charge is 2.15. The minimum absolute atomic E-state index is 0.169. The second-order valence-electron chi connectivity index (χ2n) is 4.28. The van der Waals surface area contributed by atoms with Gasteiger partial charge in [0.2, 0.25) is 0 Å². The molecule has 5 heteroatoms. The minimum atomic E-state index is -0.443. The minimum Gasteiger partial charge on any atom is -0.394 e. The molecule has 0 heterocycles. The molecule has 0 saturated carbocycles. The monoisotopic (exact) mass is 353 g/mol. The molecule has 104 valence electrons. The van der Waals surface area contributed by atoms with E-state index in [0.717, 1.165) is 10.0 Å². The van der Waals surface area contributed by atoms with Gasteiger partial charge in [-0.2, -0.15) is 0 Å². The highest BCUT2D eigenvalue weighted by Crippen LogP contribution is 2.20. The molecule has 2 aromatic carbocycles. The fourth-order valence-electron chi connectivity index (χ4n) is 1.85. The number of rotatable bonds is 4. The van der Waals surface area contributed by atoms with Crippen molar-refractivity contribution in [2.24, 2.45) is 0 Å². The van der Waals surface area contributed by atoms with Gasteiger partial charge in [0.05, 0.1) is 12.6 Å². The second kappa shape index (κ2) is 6.88. The lowest BCUT2D eigenvalue weighted by molar-refractivity contribution is 0.0916. The van der Waals surface area contributed by atoms with Crippen LogP contribution in [0.4, 0.5) is 0 Å². The van der Waals surface area contributed by atoms with Gasteiger partial charge in [-0.15, -0.1) is 0 Å². The molecule has 0 radical (unpaired) electrons. The van der Waals surface area contributed by atoms with Crippen LogP contribution in [0.1, 0.15) is 22.0 Å². The molecule has 0 aliphatic heterocycles. The molecule has 0 aliphatic carbocycles. The van der Waals surface area contributed by atoms with Gasteiger partial charge in [0, 0.05) is 15.1 Å². The SMILES string of the molecule is O=C(NC(CO)c1ccccc1)c1cc(Cl)cc(Br)c1. The van der Waals surface area contributed by atoms with Crippen molar-refractivity contribution in [1.29, 1.82) is 0 Å². The third-order valence-electron chi connectivity index (χ3n) is 2.81. The largest absolute Gasteiger partial charge is 0.394 e. The van der Waals surface area contributed by atoms with E-state index >= 15 is 0 Å². The van der Waals surface area contributed by atoms with E-state index in [-0.39, 0.29) is 12.5 Å². The lowest BCUT2D eigenvalue weighted by atomic mass is 10.1. The smallest absolute Gasteiger partial charge is 0.251 e. The number of halogens is 2. The molecule has 2 rings (SSSR count). The molecule has 0 saturated heterocycles. The van der Waals surface area contributed by atoms with Crippen molar-refractivity contribution in [3.63, 3.8) is 0 Å². The molecule has 2 aromatic rings. The summed E-state index contributed by atoms with van der Waals surface area (Å²) in [6.45, 7) is -0.169. The van der Waals surface area contributed by atoms with E-state index in [1.54, 1.807) is 18.2 Å². The highest BCUT2D eigenvalue weighted by molar-refractivity contribution is 9.10. The molecule has 0 spiro atoms. The van der Waals surface area contributed by atoms with Crippen molar-refractivity contribution in [3.8, 4) is 0 Å². The number of carbonyl (C=O) groups is 1. The Morgan fingerprint density at radius 1 is 1.25 bits per heavy atom. The van der Waals surface area contributed by atoms with Crippen LogP contribution in [-0.4, -0.2) is 17.6 Å². The van der Waals surface area contributed by atoms with Crippen molar-refractivity contribution >= 4 is 33.4 Å². The number of nitrogens with one attached hydrogen (secondary N) is 1. The molecule has 0 aromatic heterocycles. The molecule has 0 fully saturated rings. The third kappa shape index (κ3) is 3.82. The normalized spacial score (nSPS) is 11.9. The van der Waals surface area contributed by atoms with Gasteiger partial charge in [-0.3, -0.25) is 4.79 Å². The van der Waals surface area contributed by atoms with E-state index in [1.807, 2.05) is 30.3 Å². The van der Waals surface area contributed by atoms with E-state index in [2.05, 4.69) is 21.2 Å². The molecular formula is C15H13BrClNO2. The summed E-state index contributed by atoms with van der Waals surface area (Å²) in [7, 11) is 0. The predicted octanol–water partition coefficient (Wildman–Crippen LogP) is 3.57. The standard InChI is InChI=1S/C15H13BrClNO2/c16-12-6-11(7-13(17)8-12)15(20)18-14(9-19)10-4-2-1-3-5-10/h1-8,14,19H,9H2,(H,18,20). The Morgan fingerprint density at radius 2 is 1.95 bits per heavy atom. The predicted molar refractivity (Wildman–Crippen MR) is 82.9 cm³/mol. The van der Waals surface area contributed by atoms with Gasteiger partial charge in [0.15, 0.2) is 0 Å². The summed E-state index contributed by atoms with van der Waals surface area (Å²) < 4.78 is 0.732. The molecule has 1 unspecified atom stereocenters. The van der Waals surface area contributed by atoms with E-state index in [1.165, 1.54) is 0 Å². The van der Waals surface area contributed by atoms with Gasteiger partial charge in [-0.05, 0) is 23.8 Å². The van der Waals surface area contributed by atoms with Crippen LogP contribution in [0.3, 0.4) is 0 Å². The zero-order valence-corrected chi connectivity index (χ0v) is 12.9. The highest BCUT2D eigenvalue weighted by atomic mass is 79.9. The quantitative estimate of drug-likeness (QED) is 0.882. The number of amides is 1. The van der Waals surface area contributed by atoms with Crippen LogP contribution >= 0.6 is 27.5 Å². The summed E-state index contributed by atoms with van der Waals surface area (Å²) in [6, 6.07) is 13.8. The lowest BCUT2D eigenvalue weighted by Gasteiger charge is -2.17. The zero-order chi connectivity index (χ0) is 14.5. The Hall–Kier alpha value is -1.36. The van der Waals surface area contributed by atoms with Crippen LogP contribution in [-0.2, 0) is 0 Å². The van der Waals surface area contributed by atoms with E-state index in [0.29, 0.717) is 10.6 Å². The van der Waals surface area contributed by atoms with E-state index in [4.69, 9.17) is 11.6 Å². The molecule has 3 nitrogen and oxygen atoms in total. The molecule has 1 atom stereocenters. The van der Waals surface area contributed by atoms with E-state index < -0.39 is 6.04 Å². The maximum absolute atomic E-state index is 12.2. The zero-order valence-electron chi connectivity index (χ0n) is 10.5. The van der Waals surface area contributed by atoms with Crippen LogP contribution in [0.15, 0.2) is 53.0 Å². The van der Waals surface area contributed by atoms with Crippen LogP contribution < -0.4 is 5.32 Å². The van der Waals surface area contributed by atoms with Gasteiger partial charge in [0.1, 0.15) is 0 Å². The first-order valence-electron chi connectivity index (χ1n) is 6.03. The van der Waals surface area contributed by atoms with Crippen molar-refractivity contribution in [2.75, 3.05) is 6.61 Å². The van der Waals surface area contributed by atoms with Gasteiger partial charge < -0.3 is 10.4 Å². The average molecular weight is 355 g/mol. The van der Waals surface area contributed by atoms with Crippen molar-refractivity contribution < 1.29 is 9.90 Å². The fraction of sp³-hybridized carbons (Fsp3) is 0.133. The van der Waals surface area contributed by atoms with Crippen molar-refractivity contribution in [1.82, 2.24) is 5.32 Å². The Balaban J connectivity index is 2.17. The van der Waals surface area contributed by atoms with Crippen LogP contribution in [0.2, 0.25) is 5.02 Å². The lowest BCUT2D eigenvalue weighted by Crippen LogP contribution is -2.30. The molecule has 20 heavy (non-hydrogen) atoms. The summed E-state index contributed by atoms with van der Waals surface area (Å²) in [5, 5.41) is 12.7. The number of aliphatic hydroxyl groups excluding tert-OH is 1. The van der Waals surface area contributed by atoms with Gasteiger partial charge >= 0.3 is 0 Å². The Labute approximate surface area is 130 Å².